The number of carbonyl (C=O) groups is 4. The predicted octanol–water partition coefficient (Wildman–Crippen LogP) is 2.67. The Morgan fingerprint density at radius 1 is 0.963 bits per heavy atom. The van der Waals surface area contributed by atoms with Crippen LogP contribution < -0.4 is 14.8 Å². The number of ether oxygens (including phenoxy) is 2. The molecule has 0 radical (unpaired) electrons. The summed E-state index contributed by atoms with van der Waals surface area (Å²) in [4.78, 5) is 49.3. The normalized spacial score (nSPS) is 12.1. The van der Waals surface area contributed by atoms with E-state index in [0.717, 1.165) is 5.56 Å². The average molecular weight is 367 g/mol. The number of amides is 1. The maximum atomic E-state index is 13.2. The van der Waals surface area contributed by atoms with E-state index in [0.29, 0.717) is 6.42 Å². The SMILES string of the molecule is CCc1cc(OC(=O)NC)c2c(c1)C(=O)c1cccc(OC(C)=O)c1C2=O. The van der Waals surface area contributed by atoms with E-state index in [1.165, 1.54) is 26.1 Å². The Hall–Kier alpha value is -3.48. The Morgan fingerprint density at radius 2 is 1.67 bits per heavy atom. The number of aryl methyl sites for hydroxylation is 1. The predicted molar refractivity (Wildman–Crippen MR) is 95.5 cm³/mol. The number of esters is 1. The zero-order valence-electron chi connectivity index (χ0n) is 15.0. The molecule has 0 spiro atoms. The Labute approximate surface area is 155 Å². The molecular formula is C20H17NO6. The Kier molecular flexibility index (Phi) is 4.77. The zero-order valence-corrected chi connectivity index (χ0v) is 15.0. The van der Waals surface area contributed by atoms with Crippen LogP contribution in [0.3, 0.4) is 0 Å². The van der Waals surface area contributed by atoms with Gasteiger partial charge in [-0.25, -0.2) is 4.79 Å². The maximum Gasteiger partial charge on any atom is 0.412 e. The molecule has 0 saturated heterocycles. The molecule has 0 atom stereocenters. The van der Waals surface area contributed by atoms with E-state index in [4.69, 9.17) is 9.47 Å². The first-order chi connectivity index (χ1) is 12.9. The molecule has 1 amide bonds. The summed E-state index contributed by atoms with van der Waals surface area (Å²) in [6, 6.07) is 7.66. The van der Waals surface area contributed by atoms with Crippen LogP contribution in [0.5, 0.6) is 11.5 Å². The van der Waals surface area contributed by atoms with Crippen LogP contribution in [-0.2, 0) is 11.2 Å². The number of benzene rings is 2. The van der Waals surface area contributed by atoms with Crippen molar-refractivity contribution in [3.8, 4) is 11.5 Å². The average Bonchev–Trinajstić information content (AvgIpc) is 2.64. The van der Waals surface area contributed by atoms with Crippen molar-refractivity contribution in [1.82, 2.24) is 5.32 Å². The summed E-state index contributed by atoms with van der Waals surface area (Å²) in [6.07, 6.45) is -0.177. The number of hydrogen-bond donors (Lipinski definition) is 1. The summed E-state index contributed by atoms with van der Waals surface area (Å²) < 4.78 is 10.3. The highest BCUT2D eigenvalue weighted by Crippen LogP contribution is 2.38. The molecule has 0 aliphatic heterocycles. The van der Waals surface area contributed by atoms with Gasteiger partial charge in [0.05, 0.1) is 11.1 Å². The molecule has 1 N–H and O–H groups in total. The Balaban J connectivity index is 2.25. The van der Waals surface area contributed by atoms with Crippen molar-refractivity contribution >= 4 is 23.6 Å². The van der Waals surface area contributed by atoms with E-state index in [-0.39, 0.29) is 33.8 Å². The van der Waals surface area contributed by atoms with E-state index in [1.807, 2.05) is 6.92 Å². The molecule has 1 aliphatic rings. The third-order valence-electron chi connectivity index (χ3n) is 4.20. The molecule has 3 rings (SSSR count). The topological polar surface area (TPSA) is 98.8 Å². The van der Waals surface area contributed by atoms with Gasteiger partial charge in [0.2, 0.25) is 5.78 Å². The highest BCUT2D eigenvalue weighted by molar-refractivity contribution is 6.30. The number of carbonyl (C=O) groups excluding carboxylic acids is 4. The van der Waals surface area contributed by atoms with Crippen molar-refractivity contribution < 1.29 is 28.7 Å². The summed E-state index contributed by atoms with van der Waals surface area (Å²) >= 11 is 0. The fraction of sp³-hybridized carbons (Fsp3) is 0.200. The molecule has 0 heterocycles. The van der Waals surface area contributed by atoms with E-state index in [1.54, 1.807) is 18.2 Å². The van der Waals surface area contributed by atoms with Crippen LogP contribution in [0.15, 0.2) is 30.3 Å². The van der Waals surface area contributed by atoms with Crippen LogP contribution in [-0.4, -0.2) is 30.7 Å². The molecule has 0 aromatic heterocycles. The van der Waals surface area contributed by atoms with Crippen LogP contribution >= 0.6 is 0 Å². The van der Waals surface area contributed by atoms with E-state index >= 15 is 0 Å². The smallest absolute Gasteiger partial charge is 0.412 e. The Morgan fingerprint density at radius 3 is 2.30 bits per heavy atom. The minimum Gasteiger partial charge on any atom is -0.426 e. The molecule has 0 saturated carbocycles. The molecule has 0 bridgehead atoms. The molecule has 1 aliphatic carbocycles. The van der Waals surface area contributed by atoms with Crippen molar-refractivity contribution in [2.45, 2.75) is 20.3 Å². The number of ketones is 2. The van der Waals surface area contributed by atoms with Crippen molar-refractivity contribution in [2.24, 2.45) is 0 Å². The molecule has 7 nitrogen and oxygen atoms in total. The van der Waals surface area contributed by atoms with Gasteiger partial charge < -0.3 is 14.8 Å². The number of hydrogen-bond acceptors (Lipinski definition) is 6. The van der Waals surface area contributed by atoms with Crippen LogP contribution in [0.1, 0.15) is 51.3 Å². The van der Waals surface area contributed by atoms with Gasteiger partial charge in [-0.15, -0.1) is 0 Å². The number of rotatable bonds is 3. The van der Waals surface area contributed by atoms with Gasteiger partial charge in [-0.2, -0.15) is 0 Å². The van der Waals surface area contributed by atoms with Gasteiger partial charge in [0.1, 0.15) is 11.5 Å². The van der Waals surface area contributed by atoms with Gasteiger partial charge in [0.25, 0.3) is 0 Å². The fourth-order valence-electron chi connectivity index (χ4n) is 2.99. The van der Waals surface area contributed by atoms with Crippen LogP contribution in [0, 0.1) is 0 Å². The molecule has 27 heavy (non-hydrogen) atoms. The van der Waals surface area contributed by atoms with Crippen molar-refractivity contribution in [3.63, 3.8) is 0 Å². The van der Waals surface area contributed by atoms with Crippen molar-refractivity contribution in [3.05, 3.63) is 58.1 Å². The second-order valence-corrected chi connectivity index (χ2v) is 5.94. The summed E-state index contributed by atoms with van der Waals surface area (Å²) in [5.74, 6) is -1.57. The third kappa shape index (κ3) is 3.19. The third-order valence-corrected chi connectivity index (χ3v) is 4.20. The van der Waals surface area contributed by atoms with Gasteiger partial charge in [0, 0.05) is 25.1 Å². The lowest BCUT2D eigenvalue weighted by molar-refractivity contribution is -0.131. The summed E-state index contributed by atoms with van der Waals surface area (Å²) in [5.41, 5.74) is 1.01. The van der Waals surface area contributed by atoms with E-state index < -0.39 is 23.6 Å². The quantitative estimate of drug-likeness (QED) is 0.564. The van der Waals surface area contributed by atoms with Crippen LogP contribution in [0.2, 0.25) is 0 Å². The van der Waals surface area contributed by atoms with Gasteiger partial charge in [-0.3, -0.25) is 14.4 Å². The highest BCUT2D eigenvalue weighted by Gasteiger charge is 2.36. The lowest BCUT2D eigenvalue weighted by Crippen LogP contribution is -2.27. The monoisotopic (exact) mass is 367 g/mol. The highest BCUT2D eigenvalue weighted by atomic mass is 16.6. The number of fused-ring (bicyclic) bond motifs is 2. The van der Waals surface area contributed by atoms with Gasteiger partial charge in [-0.05, 0) is 30.2 Å². The van der Waals surface area contributed by atoms with Crippen molar-refractivity contribution in [2.75, 3.05) is 7.05 Å². The minimum absolute atomic E-state index is 0.00513. The second-order valence-electron chi connectivity index (χ2n) is 5.94. The lowest BCUT2D eigenvalue weighted by atomic mass is 9.82. The molecule has 7 heteroatoms. The zero-order chi connectivity index (χ0) is 19.7. The van der Waals surface area contributed by atoms with E-state index in [2.05, 4.69) is 5.32 Å². The standard InChI is InChI=1S/C20H17NO6/c1-4-11-8-13-17(15(9-11)27-20(25)21-3)19(24)16-12(18(13)23)6-5-7-14(16)26-10(2)22/h5-9H,4H2,1-3H3,(H,21,25). The molecule has 138 valence electrons. The molecule has 0 fully saturated rings. The minimum atomic E-state index is -0.759. The summed E-state index contributed by atoms with van der Waals surface area (Å²) in [7, 11) is 1.39. The summed E-state index contributed by atoms with van der Waals surface area (Å²) in [6.45, 7) is 3.09. The molecule has 2 aromatic rings. The largest absolute Gasteiger partial charge is 0.426 e. The van der Waals surface area contributed by atoms with Crippen LogP contribution in [0.4, 0.5) is 4.79 Å². The molecule has 2 aromatic carbocycles. The lowest BCUT2D eigenvalue weighted by Gasteiger charge is -2.22. The Bertz CT molecular complexity index is 992. The first-order valence-electron chi connectivity index (χ1n) is 8.34. The van der Waals surface area contributed by atoms with Crippen LogP contribution in [0.25, 0.3) is 0 Å². The fourth-order valence-corrected chi connectivity index (χ4v) is 2.99. The molecular weight excluding hydrogens is 350 g/mol. The maximum absolute atomic E-state index is 13.2. The number of nitrogens with one attached hydrogen (secondary N) is 1. The van der Waals surface area contributed by atoms with Gasteiger partial charge in [0.15, 0.2) is 5.78 Å². The second kappa shape index (κ2) is 7.03. The first-order valence-corrected chi connectivity index (χ1v) is 8.34. The van der Waals surface area contributed by atoms with Gasteiger partial charge in [-0.1, -0.05) is 19.1 Å². The molecule has 0 unspecified atom stereocenters. The van der Waals surface area contributed by atoms with Crippen molar-refractivity contribution in [1.29, 1.82) is 0 Å². The van der Waals surface area contributed by atoms with E-state index in [9.17, 15) is 19.2 Å². The first kappa shape index (κ1) is 18.3. The summed E-state index contributed by atoms with van der Waals surface area (Å²) in [5, 5.41) is 2.31. The van der Waals surface area contributed by atoms with Gasteiger partial charge >= 0.3 is 12.1 Å².